The Hall–Kier alpha value is -2.63. The van der Waals surface area contributed by atoms with Crippen LogP contribution >= 0.6 is 0 Å². The van der Waals surface area contributed by atoms with E-state index in [9.17, 15) is 4.79 Å². The molecule has 0 fully saturated rings. The minimum atomic E-state index is -0.212. The lowest BCUT2D eigenvalue weighted by atomic mass is 10.2. The Kier molecular flexibility index (Phi) is 6.35. The summed E-state index contributed by atoms with van der Waals surface area (Å²) < 4.78 is 5.26. The molecule has 0 saturated carbocycles. The number of aromatic nitrogens is 2. The summed E-state index contributed by atoms with van der Waals surface area (Å²) in [6.07, 6.45) is 5.22. The Morgan fingerprint density at radius 2 is 1.96 bits per heavy atom. The molecule has 6 nitrogen and oxygen atoms in total. The lowest BCUT2D eigenvalue weighted by Gasteiger charge is -2.09. The molecule has 23 heavy (non-hydrogen) atoms. The van der Waals surface area contributed by atoms with Crippen molar-refractivity contribution >= 4 is 11.9 Å². The van der Waals surface area contributed by atoms with E-state index in [1.165, 1.54) is 12.4 Å². The summed E-state index contributed by atoms with van der Waals surface area (Å²) >= 11 is 0. The van der Waals surface area contributed by atoms with Gasteiger partial charge < -0.3 is 15.4 Å². The first-order chi connectivity index (χ1) is 11.2. The van der Waals surface area contributed by atoms with Gasteiger partial charge in [0.2, 0.25) is 5.95 Å². The second kappa shape index (κ2) is 8.73. The van der Waals surface area contributed by atoms with Crippen LogP contribution in [-0.4, -0.2) is 29.5 Å². The highest BCUT2D eigenvalue weighted by atomic mass is 16.5. The molecule has 6 heteroatoms. The number of anilines is 1. The van der Waals surface area contributed by atoms with Crippen molar-refractivity contribution in [3.8, 4) is 5.75 Å². The van der Waals surface area contributed by atoms with E-state index in [0.29, 0.717) is 18.1 Å². The highest BCUT2D eigenvalue weighted by Crippen LogP contribution is 2.16. The molecular formula is C17H22N4O2. The average molecular weight is 314 g/mol. The number of unbranched alkanes of at least 4 members (excludes halogenated alkanes) is 1. The first-order valence-corrected chi connectivity index (χ1v) is 7.70. The Balaban J connectivity index is 1.90. The fourth-order valence-electron chi connectivity index (χ4n) is 2.04. The van der Waals surface area contributed by atoms with E-state index in [4.69, 9.17) is 4.74 Å². The molecule has 1 aromatic heterocycles. The van der Waals surface area contributed by atoms with Crippen molar-refractivity contribution in [3.05, 3.63) is 47.8 Å². The lowest BCUT2D eigenvalue weighted by Crippen LogP contribution is -2.23. The predicted octanol–water partition coefficient (Wildman–Crippen LogP) is 2.63. The van der Waals surface area contributed by atoms with E-state index in [1.54, 1.807) is 7.11 Å². The number of hydrogen-bond acceptors (Lipinski definition) is 5. The van der Waals surface area contributed by atoms with Gasteiger partial charge in [0, 0.05) is 31.0 Å². The summed E-state index contributed by atoms with van der Waals surface area (Å²) in [7, 11) is 1.61. The van der Waals surface area contributed by atoms with Gasteiger partial charge in [-0.3, -0.25) is 4.79 Å². The summed E-state index contributed by atoms with van der Waals surface area (Å²) in [5, 5.41) is 5.96. The van der Waals surface area contributed by atoms with Gasteiger partial charge in [-0.05, 0) is 12.5 Å². The monoisotopic (exact) mass is 314 g/mol. The maximum absolute atomic E-state index is 12.1. The van der Waals surface area contributed by atoms with Crippen LogP contribution < -0.4 is 15.4 Å². The second-order valence-corrected chi connectivity index (χ2v) is 5.07. The van der Waals surface area contributed by atoms with Crippen molar-refractivity contribution in [3.63, 3.8) is 0 Å². The molecule has 0 unspecified atom stereocenters. The third-order valence-corrected chi connectivity index (χ3v) is 3.36. The average Bonchev–Trinajstić information content (AvgIpc) is 2.60. The number of carbonyl (C=O) groups is 1. The largest absolute Gasteiger partial charge is 0.496 e. The van der Waals surface area contributed by atoms with Crippen LogP contribution in [-0.2, 0) is 6.54 Å². The molecule has 0 radical (unpaired) electrons. The Morgan fingerprint density at radius 3 is 2.65 bits per heavy atom. The van der Waals surface area contributed by atoms with Gasteiger partial charge >= 0.3 is 0 Å². The van der Waals surface area contributed by atoms with Crippen LogP contribution in [0, 0.1) is 0 Å². The molecule has 1 amide bonds. The summed E-state index contributed by atoms with van der Waals surface area (Å²) in [5.41, 5.74) is 1.35. The van der Waals surface area contributed by atoms with E-state index in [0.717, 1.165) is 30.7 Å². The van der Waals surface area contributed by atoms with E-state index < -0.39 is 0 Å². The number of para-hydroxylation sites is 1. The SMILES string of the molecule is CCCCNc1ncc(C(=O)NCc2ccccc2OC)cn1. The second-order valence-electron chi connectivity index (χ2n) is 5.07. The van der Waals surface area contributed by atoms with Crippen molar-refractivity contribution in [2.45, 2.75) is 26.3 Å². The number of carbonyl (C=O) groups excluding carboxylic acids is 1. The van der Waals surface area contributed by atoms with Gasteiger partial charge in [0.05, 0.1) is 12.7 Å². The molecule has 1 heterocycles. The molecule has 0 saturated heterocycles. The summed E-state index contributed by atoms with van der Waals surface area (Å²) in [5.74, 6) is 1.08. The molecule has 0 bridgehead atoms. The van der Waals surface area contributed by atoms with Crippen LogP contribution in [0.25, 0.3) is 0 Å². The molecule has 2 rings (SSSR count). The summed E-state index contributed by atoms with van der Waals surface area (Å²) in [6.45, 7) is 3.34. The third-order valence-electron chi connectivity index (χ3n) is 3.36. The van der Waals surface area contributed by atoms with Crippen molar-refractivity contribution in [1.29, 1.82) is 0 Å². The number of nitrogens with one attached hydrogen (secondary N) is 2. The molecule has 2 N–H and O–H groups in total. The van der Waals surface area contributed by atoms with E-state index in [1.807, 2.05) is 24.3 Å². The zero-order valence-electron chi connectivity index (χ0n) is 13.5. The van der Waals surface area contributed by atoms with Gasteiger partial charge in [0.25, 0.3) is 5.91 Å². The molecule has 0 spiro atoms. The highest BCUT2D eigenvalue weighted by Gasteiger charge is 2.08. The molecule has 1 aromatic carbocycles. The Labute approximate surface area is 136 Å². The number of nitrogens with zero attached hydrogens (tertiary/aromatic N) is 2. The molecule has 0 atom stereocenters. The number of hydrogen-bond donors (Lipinski definition) is 2. The van der Waals surface area contributed by atoms with Gasteiger partial charge in [0.15, 0.2) is 0 Å². The molecule has 122 valence electrons. The zero-order valence-corrected chi connectivity index (χ0v) is 13.5. The normalized spacial score (nSPS) is 10.2. The van der Waals surface area contributed by atoms with Crippen LogP contribution in [0.15, 0.2) is 36.7 Å². The molecular weight excluding hydrogens is 292 g/mol. The molecule has 0 aliphatic rings. The minimum Gasteiger partial charge on any atom is -0.496 e. The van der Waals surface area contributed by atoms with Crippen LogP contribution in [0.2, 0.25) is 0 Å². The first-order valence-electron chi connectivity index (χ1n) is 7.70. The summed E-state index contributed by atoms with van der Waals surface area (Å²) in [6, 6.07) is 7.57. The van der Waals surface area contributed by atoms with Gasteiger partial charge in [-0.15, -0.1) is 0 Å². The number of ether oxygens (including phenoxy) is 1. The van der Waals surface area contributed by atoms with Gasteiger partial charge in [-0.25, -0.2) is 9.97 Å². The summed E-state index contributed by atoms with van der Waals surface area (Å²) in [4.78, 5) is 20.4. The van der Waals surface area contributed by atoms with Crippen LogP contribution in [0.4, 0.5) is 5.95 Å². The van der Waals surface area contributed by atoms with Crippen LogP contribution in [0.3, 0.4) is 0 Å². The standard InChI is InChI=1S/C17H22N4O2/c1-3-4-9-18-17-20-11-14(12-21-17)16(22)19-10-13-7-5-6-8-15(13)23-2/h5-8,11-12H,3-4,9-10H2,1-2H3,(H,19,22)(H,18,20,21). The van der Waals surface area contributed by atoms with Crippen molar-refractivity contribution in [2.24, 2.45) is 0 Å². The Bertz CT molecular complexity index is 629. The molecule has 0 aliphatic carbocycles. The number of methoxy groups -OCH3 is 1. The van der Waals surface area contributed by atoms with Gasteiger partial charge in [-0.1, -0.05) is 31.5 Å². The fourth-order valence-corrected chi connectivity index (χ4v) is 2.04. The maximum Gasteiger partial charge on any atom is 0.254 e. The van der Waals surface area contributed by atoms with Crippen molar-refractivity contribution in [2.75, 3.05) is 19.0 Å². The molecule has 0 aliphatic heterocycles. The third kappa shape index (κ3) is 4.95. The van der Waals surface area contributed by atoms with E-state index >= 15 is 0 Å². The van der Waals surface area contributed by atoms with Crippen LogP contribution in [0.1, 0.15) is 35.7 Å². The minimum absolute atomic E-state index is 0.212. The van der Waals surface area contributed by atoms with Crippen molar-refractivity contribution in [1.82, 2.24) is 15.3 Å². The van der Waals surface area contributed by atoms with E-state index in [-0.39, 0.29) is 5.91 Å². The fraction of sp³-hybridized carbons (Fsp3) is 0.353. The van der Waals surface area contributed by atoms with E-state index in [2.05, 4.69) is 27.5 Å². The van der Waals surface area contributed by atoms with Crippen molar-refractivity contribution < 1.29 is 9.53 Å². The predicted molar refractivity (Wildman–Crippen MR) is 89.6 cm³/mol. The number of benzene rings is 1. The number of amides is 1. The first kappa shape index (κ1) is 16.7. The molecule has 2 aromatic rings. The van der Waals surface area contributed by atoms with Gasteiger partial charge in [0.1, 0.15) is 5.75 Å². The van der Waals surface area contributed by atoms with Crippen LogP contribution in [0.5, 0.6) is 5.75 Å². The lowest BCUT2D eigenvalue weighted by molar-refractivity contribution is 0.0950. The van der Waals surface area contributed by atoms with Gasteiger partial charge in [-0.2, -0.15) is 0 Å². The topological polar surface area (TPSA) is 76.1 Å². The Morgan fingerprint density at radius 1 is 1.22 bits per heavy atom. The maximum atomic E-state index is 12.1. The highest BCUT2D eigenvalue weighted by molar-refractivity contribution is 5.93. The zero-order chi connectivity index (χ0) is 16.5. The smallest absolute Gasteiger partial charge is 0.254 e. The quantitative estimate of drug-likeness (QED) is 0.733. The number of rotatable bonds is 8.